The van der Waals surface area contributed by atoms with Gasteiger partial charge in [-0.15, -0.1) is 11.8 Å². The molecule has 6 nitrogen and oxygen atoms in total. The summed E-state index contributed by atoms with van der Waals surface area (Å²) in [6.45, 7) is 0.137. The number of carbonyl (C=O) groups excluding carboxylic acids is 1. The van der Waals surface area contributed by atoms with E-state index >= 15 is 0 Å². The summed E-state index contributed by atoms with van der Waals surface area (Å²) in [5.74, 6) is 0.127. The average molecular weight is 459 g/mol. The van der Waals surface area contributed by atoms with Crippen molar-refractivity contribution in [1.82, 2.24) is 4.98 Å². The van der Waals surface area contributed by atoms with Gasteiger partial charge in [-0.1, -0.05) is 29.5 Å². The van der Waals surface area contributed by atoms with Gasteiger partial charge in [0.05, 0.1) is 33.5 Å². The van der Waals surface area contributed by atoms with E-state index < -0.39 is 15.7 Å². The molecule has 0 bridgehead atoms. The van der Waals surface area contributed by atoms with Crippen molar-refractivity contribution in [3.63, 3.8) is 0 Å². The standard InChI is InChI=1S/C21H18N2O4S3/c1-28-16-9-5-10-17-19(16)22-21(29-17)23(13-14-7-6-12-27-14)20(24)15-8-3-4-11-18(15)30(2,25)26/h3-12H,13H2,1-2H3. The molecule has 2 aromatic heterocycles. The molecule has 0 fully saturated rings. The summed E-state index contributed by atoms with van der Waals surface area (Å²) in [6.07, 6.45) is 4.60. The summed E-state index contributed by atoms with van der Waals surface area (Å²) in [4.78, 5) is 20.7. The first-order valence-electron chi connectivity index (χ1n) is 8.95. The molecule has 2 aromatic carbocycles. The Kier molecular flexibility index (Phi) is 5.68. The number of sulfone groups is 1. The lowest BCUT2D eigenvalue weighted by Crippen LogP contribution is -2.31. The van der Waals surface area contributed by atoms with Gasteiger partial charge in [0, 0.05) is 11.2 Å². The van der Waals surface area contributed by atoms with Crippen LogP contribution in [0.25, 0.3) is 10.2 Å². The van der Waals surface area contributed by atoms with E-state index in [4.69, 9.17) is 9.40 Å². The van der Waals surface area contributed by atoms with Crippen LogP contribution in [0.4, 0.5) is 5.13 Å². The van der Waals surface area contributed by atoms with E-state index in [0.717, 1.165) is 21.4 Å². The number of anilines is 1. The van der Waals surface area contributed by atoms with Crippen LogP contribution in [0.1, 0.15) is 16.1 Å². The summed E-state index contributed by atoms with van der Waals surface area (Å²) in [7, 11) is -3.58. The fourth-order valence-corrected chi connectivity index (χ4v) is 5.59. The molecule has 1 amide bonds. The average Bonchev–Trinajstić information content (AvgIpc) is 3.40. The molecule has 0 radical (unpaired) electrons. The Morgan fingerprint density at radius 2 is 1.93 bits per heavy atom. The van der Waals surface area contributed by atoms with Gasteiger partial charge >= 0.3 is 0 Å². The Hall–Kier alpha value is -2.62. The van der Waals surface area contributed by atoms with Crippen molar-refractivity contribution in [3.8, 4) is 0 Å². The van der Waals surface area contributed by atoms with E-state index in [9.17, 15) is 13.2 Å². The first-order chi connectivity index (χ1) is 14.4. The highest BCUT2D eigenvalue weighted by atomic mass is 32.2. The first kappa shape index (κ1) is 20.6. The van der Waals surface area contributed by atoms with Gasteiger partial charge in [-0.05, 0) is 42.7 Å². The third kappa shape index (κ3) is 4.00. The van der Waals surface area contributed by atoms with Crippen molar-refractivity contribution in [2.75, 3.05) is 17.4 Å². The van der Waals surface area contributed by atoms with Crippen LogP contribution in [0.3, 0.4) is 0 Å². The minimum atomic E-state index is -3.58. The number of fused-ring (bicyclic) bond motifs is 1. The van der Waals surface area contributed by atoms with Crippen molar-refractivity contribution in [3.05, 3.63) is 72.2 Å². The third-order valence-corrected chi connectivity index (χ3v) is 7.45. The molecule has 154 valence electrons. The Balaban J connectivity index is 1.85. The molecule has 4 aromatic rings. The molecule has 2 heterocycles. The van der Waals surface area contributed by atoms with Crippen molar-refractivity contribution in [2.45, 2.75) is 16.3 Å². The van der Waals surface area contributed by atoms with Crippen molar-refractivity contribution in [2.24, 2.45) is 0 Å². The topological polar surface area (TPSA) is 80.5 Å². The summed E-state index contributed by atoms with van der Waals surface area (Å²) >= 11 is 2.96. The number of thiazole rings is 1. The number of carbonyl (C=O) groups is 1. The predicted molar refractivity (Wildman–Crippen MR) is 120 cm³/mol. The summed E-state index contributed by atoms with van der Waals surface area (Å²) < 4.78 is 30.9. The third-order valence-electron chi connectivity index (χ3n) is 4.48. The van der Waals surface area contributed by atoms with Gasteiger partial charge in [-0.2, -0.15) is 0 Å². The second-order valence-electron chi connectivity index (χ2n) is 6.54. The lowest BCUT2D eigenvalue weighted by Gasteiger charge is -2.20. The number of nitrogens with zero attached hydrogens (tertiary/aromatic N) is 2. The second-order valence-corrected chi connectivity index (χ2v) is 10.4. The molecule has 0 aliphatic carbocycles. The smallest absolute Gasteiger partial charge is 0.261 e. The zero-order valence-corrected chi connectivity index (χ0v) is 18.7. The number of hydrogen-bond acceptors (Lipinski definition) is 7. The monoisotopic (exact) mass is 458 g/mol. The Bertz CT molecular complexity index is 1310. The highest BCUT2D eigenvalue weighted by Crippen LogP contribution is 2.35. The predicted octanol–water partition coefficient (Wildman–Crippen LogP) is 4.86. The van der Waals surface area contributed by atoms with E-state index in [1.54, 1.807) is 36.0 Å². The lowest BCUT2D eigenvalue weighted by molar-refractivity contribution is 0.0980. The summed E-state index contributed by atoms with van der Waals surface area (Å²) in [5.41, 5.74) is 0.926. The number of furan rings is 1. The lowest BCUT2D eigenvalue weighted by atomic mass is 10.2. The van der Waals surface area contributed by atoms with Gasteiger partial charge in [-0.3, -0.25) is 9.69 Å². The molecule has 0 saturated carbocycles. The number of rotatable bonds is 6. The number of thioether (sulfide) groups is 1. The molecule has 0 atom stereocenters. The van der Waals surface area contributed by atoms with E-state index in [-0.39, 0.29) is 17.0 Å². The molecular weight excluding hydrogens is 440 g/mol. The molecular formula is C21H18N2O4S3. The number of para-hydroxylation sites is 1. The number of benzene rings is 2. The zero-order chi connectivity index (χ0) is 21.3. The molecule has 30 heavy (non-hydrogen) atoms. The van der Waals surface area contributed by atoms with E-state index in [1.165, 1.54) is 34.6 Å². The molecule has 0 saturated heterocycles. The molecule has 4 rings (SSSR count). The quantitative estimate of drug-likeness (QED) is 0.384. The maximum absolute atomic E-state index is 13.6. The van der Waals surface area contributed by atoms with Gasteiger partial charge in [0.1, 0.15) is 5.76 Å². The van der Waals surface area contributed by atoms with E-state index in [1.807, 2.05) is 24.5 Å². The fourth-order valence-electron chi connectivity index (χ4n) is 3.09. The van der Waals surface area contributed by atoms with Crippen LogP contribution >= 0.6 is 23.1 Å². The largest absolute Gasteiger partial charge is 0.467 e. The maximum atomic E-state index is 13.6. The van der Waals surface area contributed by atoms with Gasteiger partial charge in [0.15, 0.2) is 15.0 Å². The van der Waals surface area contributed by atoms with E-state index in [0.29, 0.717) is 10.9 Å². The summed E-state index contributed by atoms with van der Waals surface area (Å²) in [6, 6.07) is 15.6. The minimum absolute atomic E-state index is 0.00893. The Morgan fingerprint density at radius 3 is 2.63 bits per heavy atom. The van der Waals surface area contributed by atoms with Crippen LogP contribution in [0, 0.1) is 0 Å². The molecule has 0 unspecified atom stereocenters. The maximum Gasteiger partial charge on any atom is 0.261 e. The van der Waals surface area contributed by atoms with Crippen LogP contribution in [-0.2, 0) is 16.4 Å². The van der Waals surface area contributed by atoms with Gasteiger partial charge in [0.2, 0.25) is 0 Å². The van der Waals surface area contributed by atoms with Crippen molar-refractivity contribution in [1.29, 1.82) is 0 Å². The van der Waals surface area contributed by atoms with Gasteiger partial charge < -0.3 is 4.42 Å². The number of hydrogen-bond donors (Lipinski definition) is 0. The van der Waals surface area contributed by atoms with Gasteiger partial charge in [0.25, 0.3) is 5.91 Å². The molecule has 0 N–H and O–H groups in total. The highest BCUT2D eigenvalue weighted by Gasteiger charge is 2.27. The Morgan fingerprint density at radius 1 is 1.13 bits per heavy atom. The number of amides is 1. The van der Waals surface area contributed by atoms with Crippen LogP contribution in [0.15, 0.2) is 75.1 Å². The Labute approximate surface area is 182 Å². The fraction of sp³-hybridized carbons (Fsp3) is 0.143. The normalized spacial score (nSPS) is 11.7. The number of aromatic nitrogens is 1. The summed E-state index contributed by atoms with van der Waals surface area (Å²) in [5, 5.41) is 0.483. The van der Waals surface area contributed by atoms with Gasteiger partial charge in [-0.25, -0.2) is 13.4 Å². The van der Waals surface area contributed by atoms with Crippen LogP contribution in [0.2, 0.25) is 0 Å². The van der Waals surface area contributed by atoms with Crippen LogP contribution < -0.4 is 4.90 Å². The van der Waals surface area contributed by atoms with Crippen molar-refractivity contribution >= 4 is 54.2 Å². The molecule has 0 aliphatic rings. The molecule has 0 aliphatic heterocycles. The minimum Gasteiger partial charge on any atom is -0.467 e. The molecule has 0 spiro atoms. The zero-order valence-electron chi connectivity index (χ0n) is 16.2. The van der Waals surface area contributed by atoms with Crippen LogP contribution in [-0.4, -0.2) is 31.8 Å². The van der Waals surface area contributed by atoms with Crippen molar-refractivity contribution < 1.29 is 17.6 Å². The highest BCUT2D eigenvalue weighted by molar-refractivity contribution is 7.98. The second kappa shape index (κ2) is 8.25. The first-order valence-corrected chi connectivity index (χ1v) is 12.9. The van der Waals surface area contributed by atoms with Crippen LogP contribution in [0.5, 0.6) is 0 Å². The van der Waals surface area contributed by atoms with E-state index in [2.05, 4.69) is 0 Å². The SMILES string of the molecule is CSc1cccc2sc(N(Cc3ccco3)C(=O)c3ccccc3S(C)(=O)=O)nc12. The molecule has 9 heteroatoms.